The lowest BCUT2D eigenvalue weighted by Gasteiger charge is -1.98. The van der Waals surface area contributed by atoms with Crippen LogP contribution in [0.4, 0.5) is 0 Å². The Hall–Kier alpha value is -0.810. The fourth-order valence-electron chi connectivity index (χ4n) is 0.446. The molecular weight excluding hydrogens is 112 g/mol. The Morgan fingerprint density at radius 2 is 2.44 bits per heavy atom. The van der Waals surface area contributed by atoms with E-state index in [-0.39, 0.29) is 0 Å². The Kier molecular flexibility index (Phi) is 4.85. The molecule has 2 nitrogen and oxygen atoms in total. The second-order valence-corrected chi connectivity index (χ2v) is 2.04. The minimum absolute atomic E-state index is 0.577. The maximum absolute atomic E-state index is 8.12. The number of nitrogens with zero attached hydrogens (tertiary/aromatic N) is 1. The molecule has 0 aromatic carbocycles. The van der Waals surface area contributed by atoms with Gasteiger partial charge < -0.3 is 5.32 Å². The molecule has 0 aliphatic rings. The molecule has 0 atom stereocenters. The van der Waals surface area contributed by atoms with Gasteiger partial charge >= 0.3 is 0 Å². The summed E-state index contributed by atoms with van der Waals surface area (Å²) in [4.78, 5) is 0. The Morgan fingerprint density at radius 1 is 1.78 bits per heavy atom. The van der Waals surface area contributed by atoms with Crippen molar-refractivity contribution in [1.29, 1.82) is 5.26 Å². The lowest BCUT2D eigenvalue weighted by atomic mass is 10.3. The molecule has 9 heavy (non-hydrogen) atoms. The van der Waals surface area contributed by atoms with E-state index >= 15 is 0 Å². The molecule has 0 saturated heterocycles. The molecule has 0 aromatic rings. The molecule has 0 aliphatic heterocycles. The Balaban J connectivity index is 2.94. The van der Waals surface area contributed by atoms with Gasteiger partial charge in [0.25, 0.3) is 0 Å². The van der Waals surface area contributed by atoms with Gasteiger partial charge in [-0.1, -0.05) is 12.2 Å². The molecular formula is C7H12N2. The van der Waals surface area contributed by atoms with Crippen molar-refractivity contribution in [3.05, 3.63) is 12.2 Å². The second kappa shape index (κ2) is 5.33. The van der Waals surface area contributed by atoms with Crippen LogP contribution in [0, 0.1) is 11.3 Å². The standard InChI is InChI=1S/C7H12N2/c1-7(2)6-9-5-3-4-8/h9H,1,3,5-6H2,2H3. The first-order valence-corrected chi connectivity index (χ1v) is 2.99. The molecule has 0 rings (SSSR count). The highest BCUT2D eigenvalue weighted by Crippen LogP contribution is 1.80. The number of rotatable bonds is 4. The van der Waals surface area contributed by atoms with Crippen LogP contribution in [-0.2, 0) is 0 Å². The van der Waals surface area contributed by atoms with E-state index in [0.29, 0.717) is 6.42 Å². The summed E-state index contributed by atoms with van der Waals surface area (Å²) in [7, 11) is 0. The van der Waals surface area contributed by atoms with Gasteiger partial charge in [-0.25, -0.2) is 0 Å². The van der Waals surface area contributed by atoms with Gasteiger partial charge in [-0.2, -0.15) is 5.26 Å². The normalized spacial score (nSPS) is 8.44. The van der Waals surface area contributed by atoms with E-state index in [1.165, 1.54) is 0 Å². The summed E-state index contributed by atoms with van der Waals surface area (Å²) in [6, 6.07) is 2.05. The quantitative estimate of drug-likeness (QED) is 0.449. The number of hydrogen-bond acceptors (Lipinski definition) is 2. The summed E-state index contributed by atoms with van der Waals surface area (Å²) in [5.74, 6) is 0. The molecule has 0 radical (unpaired) electrons. The SMILES string of the molecule is C=C(C)CNCCC#N. The lowest BCUT2D eigenvalue weighted by Crippen LogP contribution is -2.16. The highest BCUT2D eigenvalue weighted by molar-refractivity contribution is 4.90. The zero-order chi connectivity index (χ0) is 7.11. The summed E-state index contributed by atoms with van der Waals surface area (Å²) in [5, 5.41) is 11.2. The van der Waals surface area contributed by atoms with Crippen molar-refractivity contribution in [2.24, 2.45) is 0 Å². The van der Waals surface area contributed by atoms with Crippen LogP contribution in [0.3, 0.4) is 0 Å². The molecule has 0 heterocycles. The molecule has 0 unspecified atom stereocenters. The van der Waals surface area contributed by atoms with Crippen LogP contribution in [0.2, 0.25) is 0 Å². The van der Waals surface area contributed by atoms with Gasteiger partial charge in [-0.15, -0.1) is 0 Å². The van der Waals surface area contributed by atoms with E-state index < -0.39 is 0 Å². The van der Waals surface area contributed by atoms with E-state index in [9.17, 15) is 0 Å². The van der Waals surface area contributed by atoms with Crippen LogP contribution in [0.5, 0.6) is 0 Å². The average molecular weight is 124 g/mol. The molecule has 0 fully saturated rings. The molecule has 0 amide bonds. The first kappa shape index (κ1) is 8.19. The summed E-state index contributed by atoms with van der Waals surface area (Å²) >= 11 is 0. The number of nitrogens with one attached hydrogen (secondary N) is 1. The van der Waals surface area contributed by atoms with Crippen molar-refractivity contribution in [1.82, 2.24) is 5.32 Å². The Morgan fingerprint density at radius 3 is 2.89 bits per heavy atom. The molecule has 0 bridgehead atoms. The third-order valence-electron chi connectivity index (χ3n) is 0.840. The maximum atomic E-state index is 8.12. The highest BCUT2D eigenvalue weighted by Gasteiger charge is 1.84. The van der Waals surface area contributed by atoms with E-state index in [2.05, 4.69) is 11.9 Å². The average Bonchev–Trinajstić information content (AvgIpc) is 1.80. The predicted molar refractivity (Wildman–Crippen MR) is 37.9 cm³/mol. The van der Waals surface area contributed by atoms with Crippen LogP contribution >= 0.6 is 0 Å². The van der Waals surface area contributed by atoms with Gasteiger partial charge in [0.15, 0.2) is 0 Å². The van der Waals surface area contributed by atoms with Crippen LogP contribution in [0.15, 0.2) is 12.2 Å². The largest absolute Gasteiger partial charge is 0.312 e. The number of hydrogen-bond donors (Lipinski definition) is 1. The summed E-state index contributed by atoms with van der Waals surface area (Å²) < 4.78 is 0. The zero-order valence-electron chi connectivity index (χ0n) is 5.78. The fraction of sp³-hybridized carbons (Fsp3) is 0.571. The topological polar surface area (TPSA) is 35.8 Å². The highest BCUT2D eigenvalue weighted by atomic mass is 14.8. The third-order valence-corrected chi connectivity index (χ3v) is 0.840. The van der Waals surface area contributed by atoms with Gasteiger partial charge in [-0.3, -0.25) is 0 Å². The summed E-state index contributed by atoms with van der Waals surface area (Å²) in [6.07, 6.45) is 0.577. The van der Waals surface area contributed by atoms with E-state index in [4.69, 9.17) is 5.26 Å². The van der Waals surface area contributed by atoms with Crippen molar-refractivity contribution in [3.63, 3.8) is 0 Å². The first-order chi connectivity index (χ1) is 4.27. The molecule has 0 aliphatic carbocycles. The first-order valence-electron chi connectivity index (χ1n) is 2.99. The smallest absolute Gasteiger partial charge is 0.0635 e. The lowest BCUT2D eigenvalue weighted by molar-refractivity contribution is 0.744. The minimum atomic E-state index is 0.577. The molecule has 50 valence electrons. The van der Waals surface area contributed by atoms with Crippen LogP contribution < -0.4 is 5.32 Å². The van der Waals surface area contributed by atoms with Gasteiger partial charge in [-0.05, 0) is 6.92 Å². The number of nitriles is 1. The van der Waals surface area contributed by atoms with Crippen molar-refractivity contribution >= 4 is 0 Å². The van der Waals surface area contributed by atoms with Crippen molar-refractivity contribution in [3.8, 4) is 6.07 Å². The molecule has 1 N–H and O–H groups in total. The molecule has 0 saturated carbocycles. The van der Waals surface area contributed by atoms with Crippen molar-refractivity contribution in [2.45, 2.75) is 13.3 Å². The van der Waals surface area contributed by atoms with Gasteiger partial charge in [0.1, 0.15) is 0 Å². The Bertz CT molecular complexity index is 121. The van der Waals surface area contributed by atoms with Crippen LogP contribution in [0.1, 0.15) is 13.3 Å². The molecule has 2 heteroatoms. The Labute approximate surface area is 56.2 Å². The monoisotopic (exact) mass is 124 g/mol. The van der Waals surface area contributed by atoms with Gasteiger partial charge in [0, 0.05) is 19.5 Å². The van der Waals surface area contributed by atoms with Crippen LogP contribution in [0.25, 0.3) is 0 Å². The van der Waals surface area contributed by atoms with E-state index in [0.717, 1.165) is 18.7 Å². The maximum Gasteiger partial charge on any atom is 0.0635 e. The van der Waals surface area contributed by atoms with E-state index in [1.54, 1.807) is 0 Å². The zero-order valence-corrected chi connectivity index (χ0v) is 5.78. The minimum Gasteiger partial charge on any atom is -0.312 e. The van der Waals surface area contributed by atoms with Crippen LogP contribution in [-0.4, -0.2) is 13.1 Å². The second-order valence-electron chi connectivity index (χ2n) is 2.04. The van der Waals surface area contributed by atoms with Crippen molar-refractivity contribution < 1.29 is 0 Å². The molecule has 0 aromatic heterocycles. The predicted octanol–water partition coefficient (Wildman–Crippen LogP) is 1.07. The van der Waals surface area contributed by atoms with Gasteiger partial charge in [0.2, 0.25) is 0 Å². The summed E-state index contributed by atoms with van der Waals surface area (Å²) in [5.41, 5.74) is 1.10. The fourth-order valence-corrected chi connectivity index (χ4v) is 0.446. The molecule has 0 spiro atoms. The van der Waals surface area contributed by atoms with Gasteiger partial charge in [0.05, 0.1) is 6.07 Å². The summed E-state index contributed by atoms with van der Waals surface area (Å²) in [6.45, 7) is 7.25. The third kappa shape index (κ3) is 7.19. The van der Waals surface area contributed by atoms with E-state index in [1.807, 2.05) is 13.0 Å². The van der Waals surface area contributed by atoms with Crippen molar-refractivity contribution in [2.75, 3.05) is 13.1 Å².